The van der Waals surface area contributed by atoms with Crippen LogP contribution in [-0.2, 0) is 10.0 Å². The van der Waals surface area contributed by atoms with Gasteiger partial charge in [-0.15, -0.1) is 0 Å². The third kappa shape index (κ3) is 2.68. The van der Waals surface area contributed by atoms with Crippen LogP contribution in [0.3, 0.4) is 0 Å². The van der Waals surface area contributed by atoms with Crippen LogP contribution >= 0.6 is 0 Å². The van der Waals surface area contributed by atoms with Crippen LogP contribution in [0.5, 0.6) is 0 Å². The second-order valence-corrected chi connectivity index (χ2v) is 5.38. The minimum Gasteiger partial charge on any atom is -0.280 e. The molecule has 2 aromatic carbocycles. The lowest BCUT2D eigenvalue weighted by Crippen LogP contribution is -2.14. The first kappa shape index (κ1) is 12.6. The molecule has 0 heterocycles. The van der Waals surface area contributed by atoms with Crippen LogP contribution < -0.4 is 4.72 Å². The Morgan fingerprint density at radius 2 is 1.61 bits per heavy atom. The Kier molecular flexibility index (Phi) is 3.34. The van der Waals surface area contributed by atoms with Crippen LogP contribution in [0.1, 0.15) is 5.56 Å². The van der Waals surface area contributed by atoms with Crippen molar-refractivity contribution in [3.05, 3.63) is 66.8 Å². The third-order valence-corrected chi connectivity index (χ3v) is 3.75. The Labute approximate surface area is 105 Å². The summed E-state index contributed by atoms with van der Waals surface area (Å²) in [6, 6.07) is 11.7. The van der Waals surface area contributed by atoms with Crippen LogP contribution in [-0.4, -0.2) is 8.42 Å². The van der Waals surface area contributed by atoms with E-state index in [0.29, 0.717) is 5.69 Å². The molecule has 2 rings (SSSR count). The molecule has 0 saturated heterocycles. The van der Waals surface area contributed by atoms with Gasteiger partial charge in [0.15, 0.2) is 0 Å². The molecule has 0 aliphatic rings. The zero-order valence-corrected chi connectivity index (χ0v) is 10.2. The molecule has 2 aromatic rings. The molecule has 1 N–H and O–H groups in total. The smallest absolute Gasteiger partial charge is 0.264 e. The van der Waals surface area contributed by atoms with Crippen LogP contribution in [0.4, 0.5) is 10.1 Å². The Balaban J connectivity index is 2.33. The molecule has 18 heavy (non-hydrogen) atoms. The Bertz CT molecular complexity index is 651. The van der Waals surface area contributed by atoms with Gasteiger partial charge in [0.05, 0.1) is 0 Å². The van der Waals surface area contributed by atoms with Crippen molar-refractivity contribution < 1.29 is 12.8 Å². The summed E-state index contributed by atoms with van der Waals surface area (Å²) < 4.78 is 39.6. The van der Waals surface area contributed by atoms with E-state index in [2.05, 4.69) is 11.6 Å². The molecule has 5 heteroatoms. The standard InChI is InChI=1S/C13H11FNO2S/c1-10-6-8-11(9-7-10)15-18(16,17)13-5-3-2-4-12(13)14/h2-9,15H,1H2. The van der Waals surface area contributed by atoms with Crippen molar-refractivity contribution in [2.45, 2.75) is 4.90 Å². The molecular formula is C13H11FNO2S. The molecule has 0 fully saturated rings. The van der Waals surface area contributed by atoms with Gasteiger partial charge in [0.25, 0.3) is 10.0 Å². The Morgan fingerprint density at radius 1 is 1.00 bits per heavy atom. The van der Waals surface area contributed by atoms with Gasteiger partial charge in [0.2, 0.25) is 0 Å². The van der Waals surface area contributed by atoms with Crippen molar-refractivity contribution in [2.24, 2.45) is 0 Å². The molecule has 0 unspecified atom stereocenters. The lowest BCUT2D eigenvalue weighted by Gasteiger charge is -2.08. The van der Waals surface area contributed by atoms with Gasteiger partial charge in [-0.05, 0) is 36.8 Å². The number of anilines is 1. The fourth-order valence-electron chi connectivity index (χ4n) is 1.45. The summed E-state index contributed by atoms with van der Waals surface area (Å²) in [5, 5.41) is 0. The molecule has 0 aliphatic heterocycles. The van der Waals surface area contributed by atoms with Crippen LogP contribution in [0.15, 0.2) is 53.4 Å². The number of benzene rings is 2. The predicted octanol–water partition coefficient (Wildman–Crippen LogP) is 2.81. The summed E-state index contributed by atoms with van der Waals surface area (Å²) in [5.41, 5.74) is 1.13. The van der Waals surface area contributed by atoms with E-state index in [4.69, 9.17) is 0 Å². The molecule has 1 radical (unpaired) electrons. The number of nitrogens with one attached hydrogen (secondary N) is 1. The number of rotatable bonds is 3. The van der Waals surface area contributed by atoms with E-state index >= 15 is 0 Å². The lowest BCUT2D eigenvalue weighted by molar-refractivity contribution is 0.570. The van der Waals surface area contributed by atoms with Crippen LogP contribution in [0, 0.1) is 12.7 Å². The van der Waals surface area contributed by atoms with Gasteiger partial charge in [0, 0.05) is 5.69 Å². The maximum Gasteiger partial charge on any atom is 0.264 e. The van der Waals surface area contributed by atoms with Gasteiger partial charge < -0.3 is 0 Å². The normalized spacial score (nSPS) is 11.2. The summed E-state index contributed by atoms with van der Waals surface area (Å²) in [6.45, 7) is 3.69. The first-order chi connectivity index (χ1) is 8.49. The number of sulfonamides is 1. The van der Waals surface area contributed by atoms with E-state index in [9.17, 15) is 12.8 Å². The maximum atomic E-state index is 13.4. The molecule has 0 amide bonds. The predicted molar refractivity (Wildman–Crippen MR) is 68.1 cm³/mol. The zero-order chi connectivity index (χ0) is 13.2. The summed E-state index contributed by atoms with van der Waals surface area (Å²) in [4.78, 5) is -0.372. The fraction of sp³-hybridized carbons (Fsp3) is 0. The average molecular weight is 264 g/mol. The summed E-state index contributed by atoms with van der Waals surface area (Å²) in [6.07, 6.45) is 0. The van der Waals surface area contributed by atoms with E-state index in [1.54, 1.807) is 24.3 Å². The maximum absolute atomic E-state index is 13.4. The van der Waals surface area contributed by atoms with E-state index < -0.39 is 15.8 Å². The van der Waals surface area contributed by atoms with Gasteiger partial charge in [-0.25, -0.2) is 12.8 Å². The molecule has 0 spiro atoms. The lowest BCUT2D eigenvalue weighted by atomic mass is 10.2. The van der Waals surface area contributed by atoms with E-state index in [0.717, 1.165) is 11.6 Å². The SMILES string of the molecule is [CH2]c1ccc(NS(=O)(=O)c2ccccc2F)cc1. The summed E-state index contributed by atoms with van der Waals surface area (Å²) >= 11 is 0. The van der Waals surface area contributed by atoms with Crippen molar-refractivity contribution in [1.29, 1.82) is 0 Å². The van der Waals surface area contributed by atoms with E-state index in [1.165, 1.54) is 18.2 Å². The highest BCUT2D eigenvalue weighted by atomic mass is 32.2. The van der Waals surface area contributed by atoms with Crippen molar-refractivity contribution in [2.75, 3.05) is 4.72 Å². The van der Waals surface area contributed by atoms with Crippen LogP contribution in [0.25, 0.3) is 0 Å². The second kappa shape index (κ2) is 4.78. The molecule has 0 aromatic heterocycles. The van der Waals surface area contributed by atoms with E-state index in [-0.39, 0.29) is 4.90 Å². The van der Waals surface area contributed by atoms with Gasteiger partial charge in [-0.2, -0.15) is 0 Å². The molecule has 0 bridgehead atoms. The minimum atomic E-state index is -3.90. The minimum absolute atomic E-state index is 0.366. The first-order valence-electron chi connectivity index (χ1n) is 5.18. The monoisotopic (exact) mass is 264 g/mol. The van der Waals surface area contributed by atoms with Crippen molar-refractivity contribution in [1.82, 2.24) is 0 Å². The quantitative estimate of drug-likeness (QED) is 0.926. The number of hydrogen-bond donors (Lipinski definition) is 1. The zero-order valence-electron chi connectivity index (χ0n) is 9.43. The highest BCUT2D eigenvalue weighted by Gasteiger charge is 2.18. The third-order valence-electron chi connectivity index (χ3n) is 2.33. The van der Waals surface area contributed by atoms with Crippen molar-refractivity contribution in [3.8, 4) is 0 Å². The molecule has 3 nitrogen and oxygen atoms in total. The summed E-state index contributed by atoms with van der Waals surface area (Å²) in [7, 11) is -3.90. The van der Waals surface area contributed by atoms with Crippen molar-refractivity contribution >= 4 is 15.7 Å². The molecule has 0 aliphatic carbocycles. The fourth-order valence-corrected chi connectivity index (χ4v) is 2.58. The second-order valence-electron chi connectivity index (χ2n) is 3.73. The van der Waals surface area contributed by atoms with Gasteiger partial charge >= 0.3 is 0 Å². The first-order valence-corrected chi connectivity index (χ1v) is 6.67. The highest BCUT2D eigenvalue weighted by Crippen LogP contribution is 2.18. The van der Waals surface area contributed by atoms with Gasteiger partial charge in [-0.3, -0.25) is 4.72 Å². The van der Waals surface area contributed by atoms with E-state index in [1.807, 2.05) is 0 Å². The molecule has 93 valence electrons. The summed E-state index contributed by atoms with van der Waals surface area (Å²) in [5.74, 6) is -0.779. The van der Waals surface area contributed by atoms with Crippen molar-refractivity contribution in [3.63, 3.8) is 0 Å². The molecule has 0 saturated carbocycles. The molecule has 0 atom stereocenters. The Morgan fingerprint density at radius 3 is 2.22 bits per heavy atom. The molecular weight excluding hydrogens is 253 g/mol. The van der Waals surface area contributed by atoms with Crippen LogP contribution in [0.2, 0.25) is 0 Å². The highest BCUT2D eigenvalue weighted by molar-refractivity contribution is 7.92. The largest absolute Gasteiger partial charge is 0.280 e. The number of halogens is 1. The topological polar surface area (TPSA) is 46.2 Å². The average Bonchev–Trinajstić information content (AvgIpc) is 2.32. The van der Waals surface area contributed by atoms with Gasteiger partial charge in [-0.1, -0.05) is 24.3 Å². The van der Waals surface area contributed by atoms with Gasteiger partial charge in [0.1, 0.15) is 10.7 Å². The Hall–Kier alpha value is -1.88. The number of hydrogen-bond acceptors (Lipinski definition) is 2.